The molecule has 8 rings (SSSR count). The lowest BCUT2D eigenvalue weighted by Gasteiger charge is -2.34. The third-order valence-corrected chi connectivity index (χ3v) is 12.0. The summed E-state index contributed by atoms with van der Waals surface area (Å²) in [5.74, 6) is -2.64. The topological polar surface area (TPSA) is 137 Å². The maximum atomic E-state index is 16.6. The van der Waals surface area contributed by atoms with Gasteiger partial charge in [0.2, 0.25) is 17.7 Å². The second-order valence-corrected chi connectivity index (χ2v) is 15.8. The molecule has 1 atom stereocenters. The van der Waals surface area contributed by atoms with Crippen LogP contribution in [0.15, 0.2) is 67.0 Å². The maximum absolute atomic E-state index is 16.6. The van der Waals surface area contributed by atoms with Crippen LogP contribution < -0.4 is 10.2 Å². The first-order valence-electron chi connectivity index (χ1n) is 19.5. The SMILES string of the molecule is CN(C)C(=O)c1cc2c(-c3ccc(C4CCN(c5ccc(C6CCC(=O)NC6=O)c(Cl)c5F)CC4)cc3)cc(C3=CCCN(C(=O)CCn4ccnn4)C3)c(F)c2[nH]1. The average molecular weight is 809 g/mol. The maximum Gasteiger partial charge on any atom is 0.269 e. The zero-order valence-electron chi connectivity index (χ0n) is 32.2. The molecule has 3 aliphatic heterocycles. The van der Waals surface area contributed by atoms with Crippen LogP contribution in [0.1, 0.15) is 77.5 Å². The minimum atomic E-state index is -0.674. The van der Waals surface area contributed by atoms with E-state index >= 15 is 8.78 Å². The summed E-state index contributed by atoms with van der Waals surface area (Å²) in [6.45, 7) is 2.37. The third kappa shape index (κ3) is 7.60. The summed E-state index contributed by atoms with van der Waals surface area (Å²) in [5, 5.41) is 10.5. The molecule has 0 aliphatic carbocycles. The number of fused-ring (bicyclic) bond motifs is 1. The Morgan fingerprint density at radius 3 is 2.45 bits per heavy atom. The smallest absolute Gasteiger partial charge is 0.269 e. The fourth-order valence-corrected chi connectivity index (χ4v) is 8.70. The van der Waals surface area contributed by atoms with Crippen molar-refractivity contribution in [2.24, 2.45) is 0 Å². The molecule has 58 heavy (non-hydrogen) atoms. The zero-order chi connectivity index (χ0) is 40.7. The number of carbonyl (C=O) groups excluding carboxylic acids is 4. The Hall–Kier alpha value is -5.89. The number of carbonyl (C=O) groups is 4. The summed E-state index contributed by atoms with van der Waals surface area (Å²) >= 11 is 6.49. The highest BCUT2D eigenvalue weighted by molar-refractivity contribution is 6.32. The first-order chi connectivity index (χ1) is 28.0. The van der Waals surface area contributed by atoms with Gasteiger partial charge in [-0.3, -0.25) is 29.2 Å². The van der Waals surface area contributed by atoms with E-state index in [1.807, 2.05) is 29.2 Å². The second kappa shape index (κ2) is 16.2. The van der Waals surface area contributed by atoms with Gasteiger partial charge >= 0.3 is 0 Å². The van der Waals surface area contributed by atoms with E-state index < -0.39 is 23.5 Å². The van der Waals surface area contributed by atoms with E-state index in [-0.39, 0.29) is 65.7 Å². The molecule has 5 aromatic rings. The molecule has 0 saturated carbocycles. The van der Waals surface area contributed by atoms with Gasteiger partial charge in [0.15, 0.2) is 11.6 Å². The number of hydrogen-bond acceptors (Lipinski definition) is 7. The molecule has 3 aliphatic rings. The quantitative estimate of drug-likeness (QED) is 0.159. The minimum absolute atomic E-state index is 0.0559. The number of piperidine rings is 2. The summed E-state index contributed by atoms with van der Waals surface area (Å²) in [4.78, 5) is 58.5. The van der Waals surface area contributed by atoms with Crippen LogP contribution in [0.2, 0.25) is 5.02 Å². The van der Waals surface area contributed by atoms with Crippen molar-refractivity contribution >= 4 is 57.4 Å². The van der Waals surface area contributed by atoms with Crippen molar-refractivity contribution in [3.05, 3.63) is 106 Å². The van der Waals surface area contributed by atoms with E-state index in [4.69, 9.17) is 11.6 Å². The first-order valence-corrected chi connectivity index (χ1v) is 19.9. The Bertz CT molecular complexity index is 2440. The Labute approximate surface area is 338 Å². The second-order valence-electron chi connectivity index (χ2n) is 15.4. The first kappa shape index (κ1) is 39.0. The number of nitrogens with zero attached hydrogens (tertiary/aromatic N) is 6. The molecule has 15 heteroatoms. The van der Waals surface area contributed by atoms with Crippen LogP contribution in [0.3, 0.4) is 0 Å². The Balaban J connectivity index is 1.01. The Kier molecular flexibility index (Phi) is 10.9. The summed E-state index contributed by atoms with van der Waals surface area (Å²) in [6, 6.07) is 15.1. The van der Waals surface area contributed by atoms with Gasteiger partial charge in [0.1, 0.15) is 5.69 Å². The highest BCUT2D eigenvalue weighted by atomic mass is 35.5. The predicted molar refractivity (Wildman–Crippen MR) is 216 cm³/mol. The average Bonchev–Trinajstić information content (AvgIpc) is 3.93. The molecule has 0 spiro atoms. The van der Waals surface area contributed by atoms with Crippen LogP contribution in [-0.2, 0) is 20.9 Å². The summed E-state index contributed by atoms with van der Waals surface area (Å²) in [7, 11) is 3.29. The van der Waals surface area contributed by atoms with Crippen LogP contribution >= 0.6 is 11.6 Å². The molecule has 2 fully saturated rings. The van der Waals surface area contributed by atoms with Crippen LogP contribution in [0.5, 0.6) is 0 Å². The molecule has 12 nitrogen and oxygen atoms in total. The number of benzene rings is 3. The molecule has 2 saturated heterocycles. The van der Waals surface area contributed by atoms with E-state index in [1.54, 1.807) is 54.3 Å². The Morgan fingerprint density at radius 1 is 0.966 bits per heavy atom. The normalized spacial score (nSPS) is 17.7. The molecular weight excluding hydrogens is 766 g/mol. The lowest BCUT2D eigenvalue weighted by Crippen LogP contribution is -2.39. The van der Waals surface area contributed by atoms with E-state index in [9.17, 15) is 19.2 Å². The van der Waals surface area contributed by atoms with Crippen molar-refractivity contribution < 1.29 is 28.0 Å². The van der Waals surface area contributed by atoms with Crippen molar-refractivity contribution in [2.45, 2.75) is 56.9 Å². The van der Waals surface area contributed by atoms with Gasteiger partial charge in [-0.25, -0.2) is 8.78 Å². The van der Waals surface area contributed by atoms with Gasteiger partial charge < -0.3 is 19.7 Å². The van der Waals surface area contributed by atoms with E-state index in [0.717, 1.165) is 29.5 Å². The van der Waals surface area contributed by atoms with E-state index in [0.29, 0.717) is 60.4 Å². The number of aryl methyl sites for hydroxylation is 1. The predicted octanol–water partition coefficient (Wildman–Crippen LogP) is 6.67. The highest BCUT2D eigenvalue weighted by Gasteiger charge is 2.32. The lowest BCUT2D eigenvalue weighted by molar-refractivity contribution is -0.134. The monoisotopic (exact) mass is 808 g/mol. The van der Waals surface area contributed by atoms with Gasteiger partial charge in [-0.05, 0) is 77.6 Å². The molecular formula is C43H43ClF2N8O4. The molecule has 0 bridgehead atoms. The zero-order valence-corrected chi connectivity index (χ0v) is 33.0. The third-order valence-electron chi connectivity index (χ3n) is 11.6. The molecule has 1 unspecified atom stereocenters. The number of halogens is 3. The Morgan fingerprint density at radius 2 is 1.74 bits per heavy atom. The summed E-state index contributed by atoms with van der Waals surface area (Å²) < 4.78 is 33.8. The summed E-state index contributed by atoms with van der Waals surface area (Å²) in [6.07, 6.45) is 8.07. The number of hydrogen-bond donors (Lipinski definition) is 2. The number of anilines is 1. The summed E-state index contributed by atoms with van der Waals surface area (Å²) in [5.41, 5.74) is 5.06. The van der Waals surface area contributed by atoms with E-state index in [1.165, 1.54) is 4.90 Å². The lowest BCUT2D eigenvalue weighted by atomic mass is 9.87. The van der Waals surface area contributed by atoms with Gasteiger partial charge in [0, 0.05) is 70.3 Å². The molecule has 2 N–H and O–H groups in total. The molecule has 2 aromatic heterocycles. The van der Waals surface area contributed by atoms with Crippen molar-refractivity contribution in [2.75, 3.05) is 45.2 Å². The molecule has 4 amide bonds. The van der Waals surface area contributed by atoms with Crippen LogP contribution in [0.25, 0.3) is 27.6 Å². The van der Waals surface area contributed by atoms with Gasteiger partial charge in [0.25, 0.3) is 5.91 Å². The van der Waals surface area contributed by atoms with Crippen molar-refractivity contribution in [3.63, 3.8) is 0 Å². The van der Waals surface area contributed by atoms with Crippen LogP contribution in [0.4, 0.5) is 14.5 Å². The van der Waals surface area contributed by atoms with Gasteiger partial charge in [-0.2, -0.15) is 0 Å². The number of amides is 4. The van der Waals surface area contributed by atoms with Crippen molar-refractivity contribution in [3.8, 4) is 11.1 Å². The standard InChI is InChI=1S/C43H43ClF2N8O4/c1-51(2)43(58)34-23-33-31(22-32(39(45)41(33)48-34)28-4-3-17-53(24-28)37(56)15-20-54-21-16-47-50-54)27-7-5-25(6-8-27)26-13-18-52(19-14-26)35-11-9-29(38(44)40(35)46)30-10-12-36(55)49-42(30)57/h4-9,11,16,21-23,26,30,48H,3,10,12-15,17-20,24H2,1-2H3,(H,49,55,57). The fourth-order valence-electron chi connectivity index (χ4n) is 8.41. The number of aromatic amines is 1. The number of rotatable bonds is 9. The molecule has 3 aromatic carbocycles. The van der Waals surface area contributed by atoms with Gasteiger partial charge in [0.05, 0.1) is 34.9 Å². The van der Waals surface area contributed by atoms with Crippen LogP contribution in [-0.4, -0.2) is 93.7 Å². The van der Waals surface area contributed by atoms with Crippen molar-refractivity contribution in [1.29, 1.82) is 0 Å². The van der Waals surface area contributed by atoms with Crippen LogP contribution in [0, 0.1) is 11.6 Å². The molecule has 0 radical (unpaired) electrons. The number of nitrogens with one attached hydrogen (secondary N) is 2. The van der Waals surface area contributed by atoms with Gasteiger partial charge in [-0.15, -0.1) is 5.10 Å². The number of aromatic nitrogens is 4. The fraction of sp³-hybridized carbons (Fsp3) is 0.349. The molecule has 5 heterocycles. The molecule has 300 valence electrons. The number of H-pyrrole nitrogens is 1. The minimum Gasteiger partial charge on any atom is -0.369 e. The van der Waals surface area contributed by atoms with E-state index in [2.05, 4.69) is 32.7 Å². The highest BCUT2D eigenvalue weighted by Crippen LogP contribution is 2.40. The number of imide groups is 1. The van der Waals surface area contributed by atoms with Gasteiger partial charge in [-0.1, -0.05) is 53.2 Å². The largest absolute Gasteiger partial charge is 0.369 e. The van der Waals surface area contributed by atoms with Crippen molar-refractivity contribution in [1.82, 2.24) is 35.1 Å².